The van der Waals surface area contributed by atoms with Gasteiger partial charge in [0.05, 0.1) is 25.3 Å². The zero-order chi connectivity index (χ0) is 18.9. The molecule has 0 aromatic heterocycles. The Morgan fingerprint density at radius 2 is 1.92 bits per heavy atom. The highest BCUT2D eigenvalue weighted by molar-refractivity contribution is 5.75. The van der Waals surface area contributed by atoms with Crippen molar-refractivity contribution in [1.29, 1.82) is 0 Å². The van der Waals surface area contributed by atoms with Crippen LogP contribution < -0.4 is 4.74 Å². The normalized spacial score (nSPS) is 22.8. The molecule has 0 radical (unpaired) electrons. The minimum atomic E-state index is -2.84. The predicted molar refractivity (Wildman–Crippen MR) is 92.1 cm³/mol. The van der Waals surface area contributed by atoms with E-state index in [9.17, 15) is 13.6 Å². The van der Waals surface area contributed by atoms with Crippen molar-refractivity contribution < 1.29 is 27.8 Å². The second-order valence-corrected chi connectivity index (χ2v) is 7.45. The molecule has 1 saturated heterocycles. The number of nitrogens with zero attached hydrogens (tertiary/aromatic N) is 1. The van der Waals surface area contributed by atoms with Crippen molar-refractivity contribution in [3.8, 4) is 5.75 Å². The van der Waals surface area contributed by atoms with E-state index in [1.807, 2.05) is 26.8 Å². The summed E-state index contributed by atoms with van der Waals surface area (Å²) in [6, 6.07) is 6.24. The summed E-state index contributed by atoms with van der Waals surface area (Å²) >= 11 is 0. The number of halogens is 2. The number of carbonyl (C=O) groups is 1. The van der Waals surface area contributed by atoms with Crippen molar-refractivity contribution in [2.45, 2.75) is 51.5 Å². The van der Waals surface area contributed by atoms with E-state index in [0.717, 1.165) is 11.1 Å². The van der Waals surface area contributed by atoms with Crippen LogP contribution in [-0.4, -0.2) is 48.5 Å². The summed E-state index contributed by atoms with van der Waals surface area (Å²) in [7, 11) is 0. The Hall–Kier alpha value is -2.15. The number of benzene rings is 1. The van der Waals surface area contributed by atoms with E-state index in [1.54, 1.807) is 17.0 Å². The molecular formula is C19H23F2NO4. The first-order valence-electron chi connectivity index (χ1n) is 8.58. The Balaban J connectivity index is 1.78. The third-order valence-electron chi connectivity index (χ3n) is 4.25. The smallest absolute Gasteiger partial charge is 0.411 e. The summed E-state index contributed by atoms with van der Waals surface area (Å²) in [5.41, 5.74) is 1.43. The van der Waals surface area contributed by atoms with Crippen molar-refractivity contribution >= 4 is 11.7 Å². The largest absolute Gasteiger partial charge is 0.444 e. The lowest BCUT2D eigenvalue weighted by Gasteiger charge is -2.44. The van der Waals surface area contributed by atoms with Gasteiger partial charge in [0.15, 0.2) is 0 Å². The third-order valence-corrected chi connectivity index (χ3v) is 4.25. The molecule has 7 heteroatoms. The molecule has 5 nitrogen and oxygen atoms in total. The lowest BCUT2D eigenvalue weighted by molar-refractivity contribution is -0.0511. The Kier molecular flexibility index (Phi) is 5.18. The van der Waals surface area contributed by atoms with Gasteiger partial charge in [-0.25, -0.2) is 4.79 Å². The molecule has 1 aromatic rings. The van der Waals surface area contributed by atoms with Crippen LogP contribution in [0.1, 0.15) is 32.8 Å². The number of hydrogen-bond acceptors (Lipinski definition) is 4. The van der Waals surface area contributed by atoms with Crippen LogP contribution in [0.4, 0.5) is 13.6 Å². The number of amides is 1. The van der Waals surface area contributed by atoms with E-state index in [2.05, 4.69) is 4.74 Å². The molecule has 2 bridgehead atoms. The van der Waals surface area contributed by atoms with Crippen molar-refractivity contribution in [2.24, 2.45) is 0 Å². The first-order valence-corrected chi connectivity index (χ1v) is 8.58. The summed E-state index contributed by atoms with van der Waals surface area (Å²) in [5, 5.41) is 0. The average Bonchev–Trinajstić information content (AvgIpc) is 2.52. The molecule has 2 atom stereocenters. The van der Waals surface area contributed by atoms with Gasteiger partial charge in [0, 0.05) is 0 Å². The standard InChI is InChI=1S/C19H23F2NO4/c1-19(2,3)26-18(23)22-14-8-13(9-15(22)11-24-10-14)12-4-6-16(7-5-12)25-17(20)21/h4-8,14-15,17H,9-11H2,1-3H3. The first kappa shape index (κ1) is 18.6. The number of morpholine rings is 1. The maximum absolute atomic E-state index is 12.5. The van der Waals surface area contributed by atoms with Crippen LogP contribution in [0.3, 0.4) is 0 Å². The molecule has 3 rings (SSSR count). The van der Waals surface area contributed by atoms with Gasteiger partial charge in [0.2, 0.25) is 0 Å². The molecular weight excluding hydrogens is 344 g/mol. The molecule has 1 aromatic carbocycles. The monoisotopic (exact) mass is 367 g/mol. The van der Waals surface area contributed by atoms with Gasteiger partial charge >= 0.3 is 12.7 Å². The summed E-state index contributed by atoms with van der Waals surface area (Å²) < 4.78 is 40.0. The van der Waals surface area contributed by atoms with E-state index in [1.165, 1.54) is 12.1 Å². The molecule has 0 aliphatic carbocycles. The number of rotatable bonds is 3. The molecule has 2 aliphatic heterocycles. The van der Waals surface area contributed by atoms with Crippen LogP contribution in [-0.2, 0) is 9.47 Å². The zero-order valence-electron chi connectivity index (χ0n) is 15.1. The van der Waals surface area contributed by atoms with E-state index in [4.69, 9.17) is 9.47 Å². The summed E-state index contributed by atoms with van der Waals surface area (Å²) in [5.74, 6) is 0.124. The quantitative estimate of drug-likeness (QED) is 0.808. The molecule has 1 fully saturated rings. The molecule has 0 spiro atoms. The van der Waals surface area contributed by atoms with Crippen LogP contribution in [0, 0.1) is 0 Å². The van der Waals surface area contributed by atoms with Crippen molar-refractivity contribution in [3.05, 3.63) is 35.9 Å². The molecule has 1 amide bonds. The number of carbonyl (C=O) groups excluding carboxylic acids is 1. The lowest BCUT2D eigenvalue weighted by Crippen LogP contribution is -2.57. The topological polar surface area (TPSA) is 48.0 Å². The zero-order valence-corrected chi connectivity index (χ0v) is 15.1. The fraction of sp³-hybridized carbons (Fsp3) is 0.526. The Labute approximate surface area is 151 Å². The van der Waals surface area contributed by atoms with Gasteiger partial charge in [0.1, 0.15) is 11.4 Å². The van der Waals surface area contributed by atoms with Gasteiger partial charge in [-0.15, -0.1) is 0 Å². The van der Waals surface area contributed by atoms with Gasteiger partial charge in [0.25, 0.3) is 0 Å². The maximum Gasteiger partial charge on any atom is 0.411 e. The van der Waals surface area contributed by atoms with Crippen LogP contribution in [0.15, 0.2) is 30.3 Å². The summed E-state index contributed by atoms with van der Waals surface area (Å²) in [4.78, 5) is 14.3. The Morgan fingerprint density at radius 3 is 2.50 bits per heavy atom. The average molecular weight is 367 g/mol. The minimum Gasteiger partial charge on any atom is -0.444 e. The number of ether oxygens (including phenoxy) is 3. The van der Waals surface area contributed by atoms with Crippen LogP contribution in [0.5, 0.6) is 5.75 Å². The van der Waals surface area contributed by atoms with Crippen molar-refractivity contribution in [3.63, 3.8) is 0 Å². The Morgan fingerprint density at radius 1 is 1.23 bits per heavy atom. The number of hydrogen-bond donors (Lipinski definition) is 0. The second kappa shape index (κ2) is 7.23. The van der Waals surface area contributed by atoms with Crippen LogP contribution in [0.2, 0.25) is 0 Å². The van der Waals surface area contributed by atoms with Gasteiger partial charge in [-0.1, -0.05) is 18.2 Å². The molecule has 142 valence electrons. The summed E-state index contributed by atoms with van der Waals surface area (Å²) in [6.45, 7) is 3.53. The first-order chi connectivity index (χ1) is 12.2. The molecule has 2 unspecified atom stereocenters. The third kappa shape index (κ3) is 4.33. The summed E-state index contributed by atoms with van der Waals surface area (Å²) in [6.07, 6.45) is 2.26. The van der Waals surface area contributed by atoms with Crippen LogP contribution in [0.25, 0.3) is 5.57 Å². The van der Waals surface area contributed by atoms with Gasteiger partial charge < -0.3 is 14.2 Å². The SMILES string of the molecule is CC(C)(C)OC(=O)N1C2C=C(c3ccc(OC(F)F)cc3)CC1COC2. The number of alkyl halides is 2. The maximum atomic E-state index is 12.5. The van der Waals surface area contributed by atoms with Crippen molar-refractivity contribution in [1.82, 2.24) is 4.90 Å². The van der Waals surface area contributed by atoms with Crippen molar-refractivity contribution in [2.75, 3.05) is 13.2 Å². The highest BCUT2D eigenvalue weighted by Gasteiger charge is 2.40. The van der Waals surface area contributed by atoms with Gasteiger partial charge in [-0.05, 0) is 50.5 Å². The van der Waals surface area contributed by atoms with E-state index in [0.29, 0.717) is 19.6 Å². The molecule has 2 heterocycles. The minimum absolute atomic E-state index is 0.111. The molecule has 26 heavy (non-hydrogen) atoms. The van der Waals surface area contributed by atoms with E-state index in [-0.39, 0.29) is 23.9 Å². The van der Waals surface area contributed by atoms with E-state index < -0.39 is 12.2 Å². The Bertz CT molecular complexity index is 682. The van der Waals surface area contributed by atoms with Crippen LogP contribution >= 0.6 is 0 Å². The molecule has 0 N–H and O–H groups in total. The molecule has 2 aliphatic rings. The predicted octanol–water partition coefficient (Wildman–Crippen LogP) is 4.08. The fourth-order valence-electron chi connectivity index (χ4n) is 3.26. The molecule has 0 saturated carbocycles. The lowest BCUT2D eigenvalue weighted by atomic mass is 9.90. The van der Waals surface area contributed by atoms with Gasteiger partial charge in [-0.2, -0.15) is 8.78 Å². The highest BCUT2D eigenvalue weighted by atomic mass is 19.3. The highest BCUT2D eigenvalue weighted by Crippen LogP contribution is 2.34. The van der Waals surface area contributed by atoms with Gasteiger partial charge in [-0.3, -0.25) is 4.90 Å². The van der Waals surface area contributed by atoms with E-state index >= 15 is 0 Å². The second-order valence-electron chi connectivity index (χ2n) is 7.45. The number of fused-ring (bicyclic) bond motifs is 2. The fourth-order valence-corrected chi connectivity index (χ4v) is 3.26.